The summed E-state index contributed by atoms with van der Waals surface area (Å²) < 4.78 is 45.8. The van der Waals surface area contributed by atoms with Crippen LogP contribution in [0.25, 0.3) is 0 Å². The van der Waals surface area contributed by atoms with Crippen LogP contribution in [0, 0.1) is 0 Å². The molecule has 1 N–H and O–H groups in total. The zero-order valence-electron chi connectivity index (χ0n) is 27.6. The number of amides is 2. The highest BCUT2D eigenvalue weighted by Gasteiger charge is 2.35. The topological polar surface area (TPSA) is 114 Å². The highest BCUT2D eigenvalue weighted by Crippen LogP contribution is 2.33. The van der Waals surface area contributed by atoms with Crippen molar-refractivity contribution in [2.75, 3.05) is 32.2 Å². The Morgan fingerprint density at radius 2 is 1.46 bits per heavy atom. The fraction of sp³-hybridized carbons (Fsp3) is 0.278. The van der Waals surface area contributed by atoms with Crippen molar-refractivity contribution in [3.8, 4) is 17.2 Å². The van der Waals surface area contributed by atoms with Crippen molar-refractivity contribution in [3.63, 3.8) is 0 Å². The predicted octanol–water partition coefficient (Wildman–Crippen LogP) is 5.73. The van der Waals surface area contributed by atoms with Crippen LogP contribution >= 0.6 is 11.6 Å². The van der Waals surface area contributed by atoms with E-state index in [0.717, 1.165) is 9.87 Å². The van der Waals surface area contributed by atoms with Gasteiger partial charge >= 0.3 is 0 Å². The van der Waals surface area contributed by atoms with Gasteiger partial charge in [-0.05, 0) is 73.5 Å². The molecule has 4 aromatic rings. The van der Waals surface area contributed by atoms with Gasteiger partial charge in [-0.1, -0.05) is 54.1 Å². The first kappa shape index (κ1) is 36.1. The molecule has 0 spiro atoms. The molecule has 48 heavy (non-hydrogen) atoms. The van der Waals surface area contributed by atoms with Crippen LogP contribution in [-0.4, -0.2) is 65.1 Å². The van der Waals surface area contributed by atoms with E-state index in [-0.39, 0.29) is 41.2 Å². The number of benzene rings is 4. The molecule has 0 heterocycles. The monoisotopic (exact) mass is 693 g/mol. The Labute approximate surface area is 287 Å². The number of sulfonamides is 1. The molecule has 0 aromatic heterocycles. The standard InChI is InChI=1S/C36H40ClN3O7S/c1-25(2)38-36(42)32(21-26-10-7-6-8-11-26)39(23-27-12-9-13-30(20-27)45-3)35(41)24-40(29-16-14-28(37)15-17-29)48(43,44)31-18-19-33(46-4)34(22-31)47-5/h6-20,22,25,32H,21,23-24H2,1-5H3,(H,38,42)/t32-/m1/s1. The number of hydrogen-bond acceptors (Lipinski definition) is 7. The summed E-state index contributed by atoms with van der Waals surface area (Å²) in [5, 5.41) is 3.34. The van der Waals surface area contributed by atoms with Crippen LogP contribution in [0.2, 0.25) is 5.02 Å². The average molecular weight is 694 g/mol. The molecular formula is C36H40ClN3O7S. The lowest BCUT2D eigenvalue weighted by Gasteiger charge is -2.34. The quantitative estimate of drug-likeness (QED) is 0.169. The number of rotatable bonds is 15. The molecule has 0 saturated heterocycles. The van der Waals surface area contributed by atoms with Crippen molar-refractivity contribution in [2.24, 2.45) is 0 Å². The number of anilines is 1. The van der Waals surface area contributed by atoms with E-state index in [0.29, 0.717) is 22.1 Å². The number of methoxy groups -OCH3 is 3. The minimum absolute atomic E-state index is 0.00388. The zero-order valence-corrected chi connectivity index (χ0v) is 29.1. The molecular weight excluding hydrogens is 654 g/mol. The maximum absolute atomic E-state index is 14.6. The lowest BCUT2D eigenvalue weighted by Crippen LogP contribution is -2.54. The van der Waals surface area contributed by atoms with Gasteiger partial charge in [0.25, 0.3) is 10.0 Å². The van der Waals surface area contributed by atoms with E-state index in [4.69, 9.17) is 25.8 Å². The van der Waals surface area contributed by atoms with Gasteiger partial charge in [0.2, 0.25) is 11.8 Å². The third kappa shape index (κ3) is 8.99. The molecule has 0 aliphatic rings. The summed E-state index contributed by atoms with van der Waals surface area (Å²) >= 11 is 6.16. The van der Waals surface area contributed by atoms with E-state index in [1.807, 2.05) is 50.2 Å². The minimum Gasteiger partial charge on any atom is -0.497 e. The van der Waals surface area contributed by atoms with Crippen molar-refractivity contribution >= 4 is 39.1 Å². The highest BCUT2D eigenvalue weighted by molar-refractivity contribution is 7.92. The minimum atomic E-state index is -4.37. The predicted molar refractivity (Wildman–Crippen MR) is 186 cm³/mol. The molecule has 0 saturated carbocycles. The van der Waals surface area contributed by atoms with Gasteiger partial charge in [-0.25, -0.2) is 8.42 Å². The van der Waals surface area contributed by atoms with Gasteiger partial charge in [-0.2, -0.15) is 0 Å². The van der Waals surface area contributed by atoms with Crippen LogP contribution in [0.4, 0.5) is 5.69 Å². The second kappa shape index (κ2) is 16.4. The SMILES string of the molecule is COc1cccc(CN(C(=O)CN(c2ccc(Cl)cc2)S(=O)(=O)c2ccc(OC)c(OC)c2)[C@H](Cc2ccccc2)C(=O)NC(C)C)c1. The van der Waals surface area contributed by atoms with E-state index in [1.165, 1.54) is 49.5 Å². The molecule has 12 heteroatoms. The fourth-order valence-electron chi connectivity index (χ4n) is 5.14. The Bertz CT molecular complexity index is 1800. The maximum atomic E-state index is 14.6. The van der Waals surface area contributed by atoms with Gasteiger partial charge in [-0.15, -0.1) is 0 Å². The van der Waals surface area contributed by atoms with Gasteiger partial charge in [0.05, 0.1) is 31.9 Å². The number of hydrogen-bond donors (Lipinski definition) is 1. The summed E-state index contributed by atoms with van der Waals surface area (Å²) in [5.74, 6) is 0.149. The van der Waals surface area contributed by atoms with Crippen molar-refractivity contribution < 1.29 is 32.2 Å². The Kier molecular flexibility index (Phi) is 12.3. The number of carbonyl (C=O) groups is 2. The van der Waals surface area contributed by atoms with E-state index >= 15 is 0 Å². The lowest BCUT2D eigenvalue weighted by molar-refractivity contribution is -0.140. The molecule has 0 aliphatic heterocycles. The normalized spacial score (nSPS) is 11.8. The number of ether oxygens (including phenoxy) is 3. The number of halogens is 1. The second-order valence-electron chi connectivity index (χ2n) is 11.2. The van der Waals surface area contributed by atoms with Crippen LogP contribution in [0.3, 0.4) is 0 Å². The summed E-state index contributed by atoms with van der Waals surface area (Å²) in [4.78, 5) is 29.8. The summed E-state index contributed by atoms with van der Waals surface area (Å²) in [6.45, 7) is 3.06. The number of nitrogens with one attached hydrogen (secondary N) is 1. The molecule has 1 atom stereocenters. The van der Waals surface area contributed by atoms with Crippen LogP contribution in [-0.2, 0) is 32.6 Å². The van der Waals surface area contributed by atoms with Gasteiger partial charge in [-0.3, -0.25) is 13.9 Å². The summed E-state index contributed by atoms with van der Waals surface area (Å²) in [7, 11) is 0.0176. The molecule has 4 aromatic carbocycles. The van der Waals surface area contributed by atoms with E-state index < -0.39 is 28.5 Å². The van der Waals surface area contributed by atoms with Crippen LogP contribution in [0.5, 0.6) is 17.2 Å². The van der Waals surface area contributed by atoms with E-state index in [2.05, 4.69) is 5.32 Å². The zero-order chi connectivity index (χ0) is 34.8. The molecule has 0 unspecified atom stereocenters. The first-order valence-electron chi connectivity index (χ1n) is 15.2. The molecule has 0 radical (unpaired) electrons. The Morgan fingerprint density at radius 1 is 0.792 bits per heavy atom. The summed E-state index contributed by atoms with van der Waals surface area (Å²) in [6, 6.07) is 25.7. The van der Waals surface area contributed by atoms with Crippen molar-refractivity contribution in [3.05, 3.63) is 113 Å². The fourth-order valence-corrected chi connectivity index (χ4v) is 6.70. The van der Waals surface area contributed by atoms with Crippen molar-refractivity contribution in [1.82, 2.24) is 10.2 Å². The molecule has 4 rings (SSSR count). The molecule has 2 amide bonds. The van der Waals surface area contributed by atoms with Crippen LogP contribution in [0.1, 0.15) is 25.0 Å². The van der Waals surface area contributed by atoms with E-state index in [1.54, 1.807) is 37.4 Å². The number of nitrogens with zero attached hydrogens (tertiary/aromatic N) is 2. The smallest absolute Gasteiger partial charge is 0.264 e. The number of carbonyl (C=O) groups excluding carboxylic acids is 2. The third-order valence-electron chi connectivity index (χ3n) is 7.53. The van der Waals surface area contributed by atoms with Gasteiger partial charge in [0.1, 0.15) is 18.3 Å². The van der Waals surface area contributed by atoms with Gasteiger partial charge in [0.15, 0.2) is 11.5 Å². The largest absolute Gasteiger partial charge is 0.497 e. The van der Waals surface area contributed by atoms with Gasteiger partial charge < -0.3 is 24.4 Å². The molecule has 0 fully saturated rings. The first-order chi connectivity index (χ1) is 23.0. The van der Waals surface area contributed by atoms with Crippen molar-refractivity contribution in [1.29, 1.82) is 0 Å². The summed E-state index contributed by atoms with van der Waals surface area (Å²) in [5.41, 5.74) is 1.73. The third-order valence-corrected chi connectivity index (χ3v) is 9.55. The summed E-state index contributed by atoms with van der Waals surface area (Å²) in [6.07, 6.45) is 0.193. The van der Waals surface area contributed by atoms with Crippen LogP contribution < -0.4 is 23.8 Å². The molecule has 254 valence electrons. The Balaban J connectivity index is 1.83. The molecule has 0 aliphatic carbocycles. The van der Waals surface area contributed by atoms with Crippen LogP contribution in [0.15, 0.2) is 102 Å². The molecule has 10 nitrogen and oxygen atoms in total. The second-order valence-corrected chi connectivity index (χ2v) is 13.5. The highest BCUT2D eigenvalue weighted by atomic mass is 35.5. The average Bonchev–Trinajstić information content (AvgIpc) is 3.08. The lowest BCUT2D eigenvalue weighted by atomic mass is 10.0. The van der Waals surface area contributed by atoms with Crippen molar-refractivity contribution in [2.45, 2.75) is 43.8 Å². The Hall–Kier alpha value is -4.74. The van der Waals surface area contributed by atoms with E-state index in [9.17, 15) is 18.0 Å². The maximum Gasteiger partial charge on any atom is 0.264 e. The van der Waals surface area contributed by atoms with Gasteiger partial charge in [0, 0.05) is 30.1 Å². The first-order valence-corrected chi connectivity index (χ1v) is 17.1. The Morgan fingerprint density at radius 3 is 2.08 bits per heavy atom. The molecule has 0 bridgehead atoms.